The lowest BCUT2D eigenvalue weighted by molar-refractivity contribution is 0.0520. The third kappa shape index (κ3) is 3.84. The highest BCUT2D eigenvalue weighted by atomic mass is 32.1. The van der Waals surface area contributed by atoms with Gasteiger partial charge < -0.3 is 9.47 Å². The number of hydrogen-bond donors (Lipinski definition) is 1. The van der Waals surface area contributed by atoms with Crippen LogP contribution in [0.1, 0.15) is 27.9 Å². The Balaban J connectivity index is 1.55. The van der Waals surface area contributed by atoms with Crippen LogP contribution in [-0.2, 0) is 4.74 Å². The lowest BCUT2D eigenvalue weighted by atomic mass is 10.2. The minimum atomic E-state index is -0.513. The summed E-state index contributed by atoms with van der Waals surface area (Å²) in [6.07, 6.45) is 1.81. The number of ether oxygens (including phenoxy) is 2. The molecular formula is C19H16N4O4S2. The van der Waals surface area contributed by atoms with E-state index in [9.17, 15) is 9.59 Å². The number of fused-ring (bicyclic) bond motifs is 1. The first-order chi connectivity index (χ1) is 14.1. The summed E-state index contributed by atoms with van der Waals surface area (Å²) in [5.41, 5.74) is 2.29. The number of carbonyl (C=O) groups excluding carboxylic acids is 2. The molecule has 3 heterocycles. The van der Waals surface area contributed by atoms with Crippen molar-refractivity contribution in [3.63, 3.8) is 0 Å². The van der Waals surface area contributed by atoms with E-state index in [1.165, 1.54) is 11.3 Å². The van der Waals surface area contributed by atoms with E-state index in [1.807, 2.05) is 30.5 Å². The Labute approximate surface area is 173 Å². The average Bonchev–Trinajstić information content (AvgIpc) is 3.44. The lowest BCUT2D eigenvalue weighted by Gasteiger charge is -2.01. The highest BCUT2D eigenvalue weighted by Gasteiger charge is 2.18. The molecule has 0 bridgehead atoms. The second-order valence-corrected chi connectivity index (χ2v) is 7.54. The van der Waals surface area contributed by atoms with Gasteiger partial charge in [0.2, 0.25) is 0 Å². The number of nitrogens with one attached hydrogen (secondary N) is 1. The van der Waals surface area contributed by atoms with Crippen LogP contribution in [-0.4, -0.2) is 40.0 Å². The Kier molecular flexibility index (Phi) is 5.28. The Bertz CT molecular complexity index is 1180. The second kappa shape index (κ2) is 8.02. The zero-order valence-corrected chi connectivity index (χ0v) is 17.2. The predicted molar refractivity (Wildman–Crippen MR) is 111 cm³/mol. The van der Waals surface area contributed by atoms with Gasteiger partial charge in [0.1, 0.15) is 11.4 Å². The van der Waals surface area contributed by atoms with Gasteiger partial charge in [0, 0.05) is 22.5 Å². The maximum Gasteiger partial charge on any atom is 0.357 e. The monoisotopic (exact) mass is 428 g/mol. The molecule has 1 amide bonds. The van der Waals surface area contributed by atoms with Gasteiger partial charge in [-0.15, -0.1) is 22.7 Å². The molecule has 0 unspecified atom stereocenters. The molecule has 3 aromatic heterocycles. The maximum atomic E-state index is 12.7. The number of benzene rings is 1. The summed E-state index contributed by atoms with van der Waals surface area (Å²) in [6.45, 7) is 1.99. The van der Waals surface area contributed by atoms with E-state index >= 15 is 0 Å². The fraction of sp³-hybridized carbons (Fsp3) is 0.158. The van der Waals surface area contributed by atoms with Crippen molar-refractivity contribution in [1.82, 2.24) is 14.4 Å². The molecule has 0 saturated carbocycles. The highest BCUT2D eigenvalue weighted by Crippen LogP contribution is 2.26. The molecule has 4 rings (SSSR count). The van der Waals surface area contributed by atoms with Gasteiger partial charge in [0.15, 0.2) is 15.8 Å². The van der Waals surface area contributed by atoms with Crippen molar-refractivity contribution in [3.8, 4) is 17.0 Å². The molecule has 4 aromatic rings. The van der Waals surface area contributed by atoms with Gasteiger partial charge in [-0.25, -0.2) is 14.8 Å². The van der Waals surface area contributed by atoms with Crippen LogP contribution in [0.2, 0.25) is 0 Å². The quantitative estimate of drug-likeness (QED) is 0.467. The van der Waals surface area contributed by atoms with E-state index in [-0.39, 0.29) is 18.2 Å². The van der Waals surface area contributed by atoms with Crippen molar-refractivity contribution in [1.29, 1.82) is 0 Å². The number of carbonyl (C=O) groups is 2. The van der Waals surface area contributed by atoms with E-state index in [0.29, 0.717) is 15.8 Å². The predicted octanol–water partition coefficient (Wildman–Crippen LogP) is 3.96. The molecule has 0 saturated heterocycles. The summed E-state index contributed by atoms with van der Waals surface area (Å²) in [5.74, 6) is -0.0823. The van der Waals surface area contributed by atoms with E-state index in [0.717, 1.165) is 28.3 Å². The molecule has 0 atom stereocenters. The van der Waals surface area contributed by atoms with Gasteiger partial charge in [-0.2, -0.15) is 0 Å². The van der Waals surface area contributed by atoms with Gasteiger partial charge in [-0.1, -0.05) is 0 Å². The first kappa shape index (κ1) is 19.1. The molecule has 148 valence electrons. The average molecular weight is 428 g/mol. The highest BCUT2D eigenvalue weighted by molar-refractivity contribution is 7.15. The van der Waals surface area contributed by atoms with Crippen LogP contribution in [0.25, 0.3) is 16.2 Å². The zero-order chi connectivity index (χ0) is 20.4. The number of esters is 1. The minimum absolute atomic E-state index is 0.173. The minimum Gasteiger partial charge on any atom is -0.497 e. The Hall–Kier alpha value is -3.24. The molecule has 0 radical (unpaired) electrons. The van der Waals surface area contributed by atoms with Crippen molar-refractivity contribution < 1.29 is 19.1 Å². The normalized spacial score (nSPS) is 10.8. The fourth-order valence-corrected chi connectivity index (χ4v) is 4.17. The van der Waals surface area contributed by atoms with Crippen molar-refractivity contribution in [2.24, 2.45) is 0 Å². The Morgan fingerprint density at radius 2 is 1.93 bits per heavy atom. The first-order valence-electron chi connectivity index (χ1n) is 8.64. The second-order valence-electron chi connectivity index (χ2n) is 5.84. The van der Waals surface area contributed by atoms with Crippen molar-refractivity contribution in [2.75, 3.05) is 19.0 Å². The first-order valence-corrected chi connectivity index (χ1v) is 10.4. The summed E-state index contributed by atoms with van der Waals surface area (Å²) >= 11 is 2.53. The molecule has 0 aliphatic carbocycles. The number of rotatable bonds is 6. The van der Waals surface area contributed by atoms with E-state index in [4.69, 9.17) is 9.47 Å². The number of hydrogen-bond acceptors (Lipinski definition) is 8. The van der Waals surface area contributed by atoms with Crippen LogP contribution >= 0.6 is 22.7 Å². The number of thiazole rings is 2. The largest absolute Gasteiger partial charge is 0.497 e. The summed E-state index contributed by atoms with van der Waals surface area (Å²) in [6, 6.07) is 7.55. The summed E-state index contributed by atoms with van der Waals surface area (Å²) in [7, 11) is 1.62. The molecule has 29 heavy (non-hydrogen) atoms. The number of anilines is 1. The molecule has 0 aliphatic rings. The molecule has 1 N–H and O–H groups in total. The summed E-state index contributed by atoms with van der Waals surface area (Å²) in [5, 5.41) is 6.33. The van der Waals surface area contributed by atoms with Gasteiger partial charge in [0.25, 0.3) is 5.91 Å². The van der Waals surface area contributed by atoms with Crippen LogP contribution in [0.4, 0.5) is 5.13 Å². The van der Waals surface area contributed by atoms with E-state index in [2.05, 4.69) is 15.3 Å². The molecule has 0 fully saturated rings. The van der Waals surface area contributed by atoms with E-state index < -0.39 is 5.97 Å². The fourth-order valence-electron chi connectivity index (χ4n) is 2.64. The third-order valence-electron chi connectivity index (χ3n) is 4.04. The van der Waals surface area contributed by atoms with Crippen molar-refractivity contribution in [2.45, 2.75) is 6.92 Å². The zero-order valence-electron chi connectivity index (χ0n) is 15.5. The molecule has 1 aromatic carbocycles. The van der Waals surface area contributed by atoms with Crippen LogP contribution in [0.3, 0.4) is 0 Å². The molecule has 0 aliphatic heterocycles. The topological polar surface area (TPSA) is 94.8 Å². The SMILES string of the molecule is CCOC(=O)c1csc(NC(=O)c2csc3nc(-c4ccc(OC)cc4)cn23)n1. The van der Waals surface area contributed by atoms with Crippen LogP contribution < -0.4 is 10.1 Å². The smallest absolute Gasteiger partial charge is 0.357 e. The van der Waals surface area contributed by atoms with E-state index in [1.54, 1.807) is 29.2 Å². The van der Waals surface area contributed by atoms with Gasteiger partial charge >= 0.3 is 5.97 Å². The summed E-state index contributed by atoms with van der Waals surface area (Å²) < 4.78 is 11.8. The van der Waals surface area contributed by atoms with Crippen LogP contribution in [0, 0.1) is 0 Å². The Morgan fingerprint density at radius 1 is 1.14 bits per heavy atom. The molecule has 8 nitrogen and oxygen atoms in total. The molecule has 10 heteroatoms. The van der Waals surface area contributed by atoms with Crippen LogP contribution in [0.5, 0.6) is 5.75 Å². The number of amides is 1. The summed E-state index contributed by atoms with van der Waals surface area (Å²) in [4.78, 5) is 33.8. The standard InChI is InChI=1S/C19H16N4O4S2/c1-3-27-17(25)14-9-28-18(20-14)22-16(24)15-10-29-19-21-13(8-23(15)19)11-4-6-12(26-2)7-5-11/h4-10H,3H2,1-2H3,(H,20,22,24). The number of imidazole rings is 1. The van der Waals surface area contributed by atoms with Crippen molar-refractivity contribution in [3.05, 3.63) is 52.6 Å². The third-order valence-corrected chi connectivity index (χ3v) is 5.63. The maximum absolute atomic E-state index is 12.7. The van der Waals surface area contributed by atoms with Crippen LogP contribution in [0.15, 0.2) is 41.2 Å². The van der Waals surface area contributed by atoms with Gasteiger partial charge in [0.05, 0.1) is 19.4 Å². The number of aromatic nitrogens is 3. The lowest BCUT2D eigenvalue weighted by Crippen LogP contribution is -2.14. The molecular weight excluding hydrogens is 412 g/mol. The number of methoxy groups -OCH3 is 1. The number of nitrogens with zero attached hydrogens (tertiary/aromatic N) is 3. The van der Waals surface area contributed by atoms with Gasteiger partial charge in [-0.3, -0.25) is 14.5 Å². The van der Waals surface area contributed by atoms with Crippen molar-refractivity contribution >= 4 is 44.6 Å². The Morgan fingerprint density at radius 3 is 2.66 bits per heavy atom. The molecule has 0 spiro atoms. The van der Waals surface area contributed by atoms with Gasteiger partial charge in [-0.05, 0) is 31.2 Å².